The molecular weight excluding hydrogens is 217 g/mol. The summed E-state index contributed by atoms with van der Waals surface area (Å²) in [4.78, 5) is 0. The average Bonchev–Trinajstić information content (AvgIpc) is 2.73. The second-order valence-electron chi connectivity index (χ2n) is 4.17. The largest absolute Gasteiger partial charge is 0.469 e. The van der Waals surface area contributed by atoms with E-state index in [1.54, 1.807) is 18.4 Å². The van der Waals surface area contributed by atoms with Crippen molar-refractivity contribution in [2.45, 2.75) is 19.4 Å². The zero-order chi connectivity index (χ0) is 12.3. The molecule has 0 amide bonds. The van der Waals surface area contributed by atoms with E-state index in [9.17, 15) is 4.39 Å². The molecule has 1 heterocycles. The van der Waals surface area contributed by atoms with Crippen molar-refractivity contribution in [3.63, 3.8) is 0 Å². The van der Waals surface area contributed by atoms with Crippen LogP contribution in [0.25, 0.3) is 0 Å². The maximum absolute atomic E-state index is 13.1. The van der Waals surface area contributed by atoms with E-state index < -0.39 is 0 Å². The Morgan fingerprint density at radius 1 is 1.35 bits per heavy atom. The van der Waals surface area contributed by atoms with Crippen molar-refractivity contribution in [2.75, 3.05) is 7.05 Å². The molecule has 2 aromatic rings. The van der Waals surface area contributed by atoms with Crippen molar-refractivity contribution in [2.24, 2.45) is 0 Å². The molecule has 0 bridgehead atoms. The van der Waals surface area contributed by atoms with E-state index in [-0.39, 0.29) is 11.9 Å². The minimum Gasteiger partial charge on any atom is -0.469 e. The number of nitrogens with one attached hydrogen (secondary N) is 1. The predicted octanol–water partition coefficient (Wildman–Crippen LogP) is 3.23. The van der Waals surface area contributed by atoms with Gasteiger partial charge in [0.25, 0.3) is 0 Å². The highest BCUT2D eigenvalue weighted by molar-refractivity contribution is 5.23. The minimum atomic E-state index is -0.194. The van der Waals surface area contributed by atoms with Crippen LogP contribution in [-0.4, -0.2) is 7.05 Å². The standard InChI is InChI=1S/C14H16FNO/c1-10-6-12(9-17-10)14(16-2)8-11-4-3-5-13(15)7-11/h3-7,9,14,16H,8H2,1-2H3. The third kappa shape index (κ3) is 2.94. The van der Waals surface area contributed by atoms with E-state index in [0.717, 1.165) is 23.3 Å². The summed E-state index contributed by atoms with van der Waals surface area (Å²) in [6.07, 6.45) is 2.49. The maximum Gasteiger partial charge on any atom is 0.123 e. The van der Waals surface area contributed by atoms with E-state index in [4.69, 9.17) is 4.42 Å². The van der Waals surface area contributed by atoms with Gasteiger partial charge >= 0.3 is 0 Å². The summed E-state index contributed by atoms with van der Waals surface area (Å²) in [7, 11) is 1.90. The number of aryl methyl sites for hydroxylation is 1. The molecule has 0 radical (unpaired) electrons. The van der Waals surface area contributed by atoms with Crippen LogP contribution in [0.5, 0.6) is 0 Å². The van der Waals surface area contributed by atoms with Crippen LogP contribution in [0.4, 0.5) is 4.39 Å². The molecule has 1 unspecified atom stereocenters. The van der Waals surface area contributed by atoms with E-state index in [1.807, 2.05) is 26.1 Å². The van der Waals surface area contributed by atoms with Crippen molar-refractivity contribution in [1.82, 2.24) is 5.32 Å². The highest BCUT2D eigenvalue weighted by atomic mass is 19.1. The van der Waals surface area contributed by atoms with Crippen LogP contribution in [0, 0.1) is 12.7 Å². The first-order valence-electron chi connectivity index (χ1n) is 5.66. The molecule has 90 valence electrons. The number of furan rings is 1. The molecule has 2 nitrogen and oxygen atoms in total. The van der Waals surface area contributed by atoms with Crippen molar-refractivity contribution < 1.29 is 8.81 Å². The van der Waals surface area contributed by atoms with Gasteiger partial charge in [-0.05, 0) is 44.2 Å². The lowest BCUT2D eigenvalue weighted by atomic mass is 10.0. The summed E-state index contributed by atoms with van der Waals surface area (Å²) >= 11 is 0. The van der Waals surface area contributed by atoms with Gasteiger partial charge in [-0.15, -0.1) is 0 Å². The Kier molecular flexibility index (Phi) is 3.59. The van der Waals surface area contributed by atoms with Gasteiger partial charge in [0.05, 0.1) is 6.26 Å². The van der Waals surface area contributed by atoms with Gasteiger partial charge in [0, 0.05) is 11.6 Å². The van der Waals surface area contributed by atoms with Gasteiger partial charge in [0.15, 0.2) is 0 Å². The Balaban J connectivity index is 2.15. The molecule has 0 aliphatic heterocycles. The first kappa shape index (κ1) is 11.9. The molecule has 1 aromatic carbocycles. The van der Waals surface area contributed by atoms with Gasteiger partial charge in [-0.1, -0.05) is 12.1 Å². The fraction of sp³-hybridized carbons (Fsp3) is 0.286. The summed E-state index contributed by atoms with van der Waals surface area (Å²) in [6, 6.07) is 8.84. The molecule has 0 saturated heterocycles. The van der Waals surface area contributed by atoms with Crippen molar-refractivity contribution in [3.05, 3.63) is 59.3 Å². The Morgan fingerprint density at radius 2 is 2.18 bits per heavy atom. The van der Waals surface area contributed by atoms with Crippen LogP contribution in [0.15, 0.2) is 41.0 Å². The van der Waals surface area contributed by atoms with Crippen molar-refractivity contribution >= 4 is 0 Å². The molecule has 2 rings (SSSR count). The summed E-state index contributed by atoms with van der Waals surface area (Å²) < 4.78 is 18.4. The van der Waals surface area contributed by atoms with Crippen LogP contribution in [0.1, 0.15) is 22.9 Å². The van der Waals surface area contributed by atoms with Gasteiger partial charge in [-0.2, -0.15) is 0 Å². The normalized spacial score (nSPS) is 12.6. The highest BCUT2D eigenvalue weighted by Gasteiger charge is 2.12. The quantitative estimate of drug-likeness (QED) is 0.877. The van der Waals surface area contributed by atoms with Crippen LogP contribution in [0.3, 0.4) is 0 Å². The molecule has 1 N–H and O–H groups in total. The topological polar surface area (TPSA) is 25.2 Å². The van der Waals surface area contributed by atoms with Crippen LogP contribution in [0.2, 0.25) is 0 Å². The molecule has 1 atom stereocenters. The molecule has 0 aliphatic rings. The van der Waals surface area contributed by atoms with Gasteiger partial charge < -0.3 is 9.73 Å². The summed E-state index contributed by atoms with van der Waals surface area (Å²) in [5.74, 6) is 0.695. The Hall–Kier alpha value is -1.61. The SMILES string of the molecule is CNC(Cc1cccc(F)c1)c1coc(C)c1. The summed E-state index contributed by atoms with van der Waals surface area (Å²) in [6.45, 7) is 1.92. The van der Waals surface area contributed by atoms with Crippen LogP contribution in [-0.2, 0) is 6.42 Å². The number of halogens is 1. The molecular formula is C14H16FNO. The Morgan fingerprint density at radius 3 is 2.76 bits per heavy atom. The second kappa shape index (κ2) is 5.15. The van der Waals surface area contributed by atoms with Crippen LogP contribution < -0.4 is 5.32 Å². The third-order valence-corrected chi connectivity index (χ3v) is 2.83. The molecule has 17 heavy (non-hydrogen) atoms. The Bertz CT molecular complexity index is 492. The lowest BCUT2D eigenvalue weighted by Gasteiger charge is -2.14. The fourth-order valence-electron chi connectivity index (χ4n) is 1.93. The minimum absolute atomic E-state index is 0.147. The first-order chi connectivity index (χ1) is 8.19. The second-order valence-corrected chi connectivity index (χ2v) is 4.17. The van der Waals surface area contributed by atoms with Crippen molar-refractivity contribution in [3.8, 4) is 0 Å². The van der Waals surface area contributed by atoms with Crippen molar-refractivity contribution in [1.29, 1.82) is 0 Å². The highest BCUT2D eigenvalue weighted by Crippen LogP contribution is 2.20. The number of hydrogen-bond acceptors (Lipinski definition) is 2. The maximum atomic E-state index is 13.1. The monoisotopic (exact) mass is 233 g/mol. The number of benzene rings is 1. The number of hydrogen-bond donors (Lipinski definition) is 1. The smallest absolute Gasteiger partial charge is 0.123 e. The lowest BCUT2D eigenvalue weighted by molar-refractivity contribution is 0.520. The lowest BCUT2D eigenvalue weighted by Crippen LogP contribution is -2.18. The predicted molar refractivity (Wildman–Crippen MR) is 65.3 cm³/mol. The van der Waals surface area contributed by atoms with Crippen LogP contribution >= 0.6 is 0 Å². The number of likely N-dealkylation sites (N-methyl/N-ethyl adjacent to an activating group) is 1. The molecule has 0 spiro atoms. The average molecular weight is 233 g/mol. The van der Waals surface area contributed by atoms with E-state index in [2.05, 4.69) is 5.32 Å². The molecule has 0 saturated carbocycles. The fourth-order valence-corrected chi connectivity index (χ4v) is 1.93. The van der Waals surface area contributed by atoms with Gasteiger partial charge in [-0.3, -0.25) is 0 Å². The Labute approximate surface area is 100 Å². The van der Waals surface area contributed by atoms with E-state index in [1.165, 1.54) is 6.07 Å². The molecule has 0 aliphatic carbocycles. The molecule has 1 aromatic heterocycles. The first-order valence-corrected chi connectivity index (χ1v) is 5.66. The number of rotatable bonds is 4. The summed E-state index contributed by atoms with van der Waals surface area (Å²) in [5, 5.41) is 3.22. The van der Waals surface area contributed by atoms with Gasteiger partial charge in [0.1, 0.15) is 11.6 Å². The zero-order valence-corrected chi connectivity index (χ0v) is 10.0. The third-order valence-electron chi connectivity index (χ3n) is 2.83. The molecule has 3 heteroatoms. The van der Waals surface area contributed by atoms with Gasteiger partial charge in [-0.25, -0.2) is 4.39 Å². The van der Waals surface area contributed by atoms with E-state index >= 15 is 0 Å². The van der Waals surface area contributed by atoms with E-state index in [0.29, 0.717) is 0 Å². The zero-order valence-electron chi connectivity index (χ0n) is 10.0. The summed E-state index contributed by atoms with van der Waals surface area (Å²) in [5.41, 5.74) is 2.07. The van der Waals surface area contributed by atoms with Gasteiger partial charge in [0.2, 0.25) is 0 Å². The molecule has 0 fully saturated rings.